The van der Waals surface area contributed by atoms with E-state index in [2.05, 4.69) is 4.74 Å². The van der Waals surface area contributed by atoms with Crippen molar-refractivity contribution in [1.82, 2.24) is 5.48 Å². The van der Waals surface area contributed by atoms with Crippen LogP contribution >= 0.6 is 0 Å². The van der Waals surface area contributed by atoms with Gasteiger partial charge in [0.25, 0.3) is 0 Å². The number of hydrogen-bond donors (Lipinski definition) is 3. The molecular weight excluding hydrogens is 515 g/mol. The number of alkyl halides is 3. The summed E-state index contributed by atoms with van der Waals surface area (Å²) in [7, 11) is -3.93. The number of aliphatic hydroxyl groups excluding tert-OH is 1. The highest BCUT2D eigenvalue weighted by molar-refractivity contribution is 7.91. The van der Waals surface area contributed by atoms with Crippen molar-refractivity contribution in [2.24, 2.45) is 5.92 Å². The van der Waals surface area contributed by atoms with E-state index in [0.29, 0.717) is 6.42 Å². The Kier molecular flexibility index (Phi) is 9.14. The van der Waals surface area contributed by atoms with Crippen LogP contribution in [0, 0.1) is 5.92 Å². The first-order chi connectivity index (χ1) is 17.5. The molecule has 0 bridgehead atoms. The summed E-state index contributed by atoms with van der Waals surface area (Å²) in [6, 6.07) is 17.0. The van der Waals surface area contributed by atoms with Gasteiger partial charge < -0.3 is 14.6 Å². The number of carbonyl (C=O) groups excluding carboxylic acids is 1. The highest BCUT2D eigenvalue weighted by Crippen LogP contribution is 2.28. The maximum absolute atomic E-state index is 12.9. The van der Waals surface area contributed by atoms with Gasteiger partial charge in [-0.15, -0.1) is 13.2 Å². The van der Waals surface area contributed by atoms with Gasteiger partial charge in [0.15, 0.2) is 9.84 Å². The third-order valence-corrected chi connectivity index (χ3v) is 7.20. The Hall–Kier alpha value is -3.61. The molecule has 0 fully saturated rings. The number of benzene rings is 3. The van der Waals surface area contributed by atoms with Crippen molar-refractivity contribution in [3.05, 3.63) is 83.9 Å². The minimum atomic E-state index is -4.81. The molecule has 8 nitrogen and oxygen atoms in total. The fourth-order valence-corrected chi connectivity index (χ4v) is 5.05. The lowest BCUT2D eigenvalue weighted by atomic mass is 10.00. The molecule has 3 rings (SSSR count). The first-order valence-corrected chi connectivity index (χ1v) is 12.6. The molecule has 12 heteroatoms. The van der Waals surface area contributed by atoms with Crippen molar-refractivity contribution in [3.8, 4) is 17.2 Å². The monoisotopic (exact) mass is 539 g/mol. The van der Waals surface area contributed by atoms with Gasteiger partial charge in [0.05, 0.1) is 23.2 Å². The van der Waals surface area contributed by atoms with Crippen LogP contribution in [0.15, 0.2) is 77.7 Å². The van der Waals surface area contributed by atoms with Crippen molar-refractivity contribution < 1.29 is 46.2 Å². The third-order valence-electron chi connectivity index (χ3n) is 5.36. The van der Waals surface area contributed by atoms with E-state index in [0.717, 1.165) is 23.3 Å². The molecular formula is C25H24F3NO7S. The van der Waals surface area contributed by atoms with E-state index in [1.165, 1.54) is 41.9 Å². The second kappa shape index (κ2) is 12.1. The molecule has 0 heterocycles. The predicted octanol–water partition coefficient (Wildman–Crippen LogP) is 4.40. The Balaban J connectivity index is 1.64. The van der Waals surface area contributed by atoms with Crippen LogP contribution in [-0.2, 0) is 27.7 Å². The van der Waals surface area contributed by atoms with E-state index in [-0.39, 0.29) is 29.4 Å². The van der Waals surface area contributed by atoms with Gasteiger partial charge in [-0.25, -0.2) is 13.9 Å². The molecule has 1 atom stereocenters. The Morgan fingerprint density at radius 1 is 0.865 bits per heavy atom. The number of halogens is 3. The zero-order valence-electron chi connectivity index (χ0n) is 19.3. The second-order valence-corrected chi connectivity index (χ2v) is 10.1. The zero-order chi connectivity index (χ0) is 27.1. The third kappa shape index (κ3) is 8.48. The molecule has 0 spiro atoms. The van der Waals surface area contributed by atoms with Gasteiger partial charge in [-0.3, -0.25) is 10.0 Å². The number of aryl methyl sites for hydroxylation is 1. The molecule has 0 aliphatic rings. The van der Waals surface area contributed by atoms with Crippen molar-refractivity contribution in [3.63, 3.8) is 0 Å². The van der Waals surface area contributed by atoms with E-state index >= 15 is 0 Å². The molecule has 3 aromatic rings. The summed E-state index contributed by atoms with van der Waals surface area (Å²) in [4.78, 5) is 12.1. The number of sulfone groups is 1. The quantitative estimate of drug-likeness (QED) is 0.244. The van der Waals surface area contributed by atoms with Crippen molar-refractivity contribution in [1.29, 1.82) is 0 Å². The summed E-state index contributed by atoms with van der Waals surface area (Å²) in [5.74, 6) is -2.37. The molecule has 0 saturated heterocycles. The summed E-state index contributed by atoms with van der Waals surface area (Å²) in [6.45, 7) is -0.110. The van der Waals surface area contributed by atoms with Crippen molar-refractivity contribution in [2.45, 2.75) is 30.7 Å². The molecule has 1 unspecified atom stereocenters. The van der Waals surface area contributed by atoms with Crippen LogP contribution in [0.25, 0.3) is 0 Å². The lowest BCUT2D eigenvalue weighted by Crippen LogP contribution is -2.33. The molecule has 198 valence electrons. The number of hydrogen-bond acceptors (Lipinski definition) is 7. The van der Waals surface area contributed by atoms with Gasteiger partial charge in [0, 0.05) is 0 Å². The number of ether oxygens (including phenoxy) is 2. The summed E-state index contributed by atoms with van der Waals surface area (Å²) >= 11 is 0. The van der Waals surface area contributed by atoms with E-state index < -0.39 is 39.5 Å². The Bertz CT molecular complexity index is 1280. The highest BCUT2D eigenvalue weighted by atomic mass is 32.2. The number of nitrogens with one attached hydrogen (secondary N) is 1. The van der Waals surface area contributed by atoms with Crippen LogP contribution in [0.5, 0.6) is 17.2 Å². The lowest BCUT2D eigenvalue weighted by molar-refractivity contribution is -0.274. The average molecular weight is 540 g/mol. The normalized spacial score (nSPS) is 12.6. The summed E-state index contributed by atoms with van der Waals surface area (Å²) in [6.07, 6.45) is -4.29. The van der Waals surface area contributed by atoms with Gasteiger partial charge >= 0.3 is 6.36 Å². The number of carbonyl (C=O) groups is 1. The van der Waals surface area contributed by atoms with Crippen LogP contribution in [0.4, 0.5) is 13.2 Å². The number of hydroxylamine groups is 1. The van der Waals surface area contributed by atoms with Gasteiger partial charge in [-0.2, -0.15) is 0 Å². The zero-order valence-corrected chi connectivity index (χ0v) is 20.1. The fraction of sp³-hybridized carbons (Fsp3) is 0.240. The Morgan fingerprint density at radius 3 is 1.89 bits per heavy atom. The van der Waals surface area contributed by atoms with Crippen LogP contribution in [0.2, 0.25) is 0 Å². The Labute approximate surface area is 211 Å². The summed E-state index contributed by atoms with van der Waals surface area (Å²) < 4.78 is 72.0. The van der Waals surface area contributed by atoms with E-state index in [1.807, 2.05) is 0 Å². The molecule has 3 aromatic carbocycles. The topological polar surface area (TPSA) is 122 Å². The molecule has 37 heavy (non-hydrogen) atoms. The molecule has 1 amide bonds. The minimum absolute atomic E-state index is 0.0724. The maximum atomic E-state index is 12.9. The molecule has 3 N–H and O–H groups in total. The Morgan fingerprint density at radius 2 is 1.38 bits per heavy atom. The van der Waals surface area contributed by atoms with Gasteiger partial charge in [-0.05, 0) is 72.5 Å². The standard InChI is InChI=1S/C25H24F3NO7S/c26-25(27,28)36-22-9-7-20(8-10-22)35-21-11-13-23(14-12-21)37(33,34)16-19(24(31)29-32)6-5-17-1-3-18(15-30)4-2-17/h1-4,7-14,19,30,32H,5-6,15-16H2,(H,29,31). The first-order valence-electron chi connectivity index (χ1n) is 11.0. The molecule has 0 aliphatic carbocycles. The van der Waals surface area contributed by atoms with Crippen molar-refractivity contribution in [2.75, 3.05) is 5.75 Å². The van der Waals surface area contributed by atoms with Crippen LogP contribution in [0.3, 0.4) is 0 Å². The van der Waals surface area contributed by atoms with Crippen molar-refractivity contribution >= 4 is 15.7 Å². The molecule has 0 aromatic heterocycles. The van der Waals surface area contributed by atoms with E-state index in [1.54, 1.807) is 24.3 Å². The van der Waals surface area contributed by atoms with Gasteiger partial charge in [-0.1, -0.05) is 24.3 Å². The lowest BCUT2D eigenvalue weighted by Gasteiger charge is -2.16. The molecule has 0 radical (unpaired) electrons. The van der Waals surface area contributed by atoms with E-state index in [9.17, 15) is 26.4 Å². The van der Waals surface area contributed by atoms with Gasteiger partial charge in [0.2, 0.25) is 5.91 Å². The predicted molar refractivity (Wildman–Crippen MR) is 126 cm³/mol. The number of rotatable bonds is 11. The number of aliphatic hydroxyl groups is 1. The highest BCUT2D eigenvalue weighted by Gasteiger charge is 2.31. The minimum Gasteiger partial charge on any atom is -0.457 e. The van der Waals surface area contributed by atoms with Crippen LogP contribution in [-0.4, -0.2) is 36.8 Å². The number of amides is 1. The second-order valence-electron chi connectivity index (χ2n) is 8.06. The molecule has 0 saturated carbocycles. The largest absolute Gasteiger partial charge is 0.573 e. The van der Waals surface area contributed by atoms with Gasteiger partial charge in [0.1, 0.15) is 17.2 Å². The smallest absolute Gasteiger partial charge is 0.457 e. The van der Waals surface area contributed by atoms with E-state index in [4.69, 9.17) is 15.1 Å². The summed E-state index contributed by atoms with van der Waals surface area (Å²) in [5.41, 5.74) is 3.07. The first kappa shape index (κ1) is 28.0. The van der Waals surface area contributed by atoms with Crippen LogP contribution in [0.1, 0.15) is 17.5 Å². The molecule has 0 aliphatic heterocycles. The fourth-order valence-electron chi connectivity index (χ4n) is 3.46. The average Bonchev–Trinajstić information content (AvgIpc) is 2.87. The van der Waals surface area contributed by atoms with Crippen LogP contribution < -0.4 is 15.0 Å². The summed E-state index contributed by atoms with van der Waals surface area (Å²) in [5, 5.41) is 18.2. The maximum Gasteiger partial charge on any atom is 0.573 e. The SMILES string of the molecule is O=C(NO)C(CCc1ccc(CO)cc1)CS(=O)(=O)c1ccc(Oc2ccc(OC(F)(F)F)cc2)cc1.